The highest BCUT2D eigenvalue weighted by molar-refractivity contribution is 7.91. The van der Waals surface area contributed by atoms with E-state index in [-0.39, 0.29) is 17.5 Å². The fraction of sp³-hybridized carbons (Fsp3) is 0.538. The summed E-state index contributed by atoms with van der Waals surface area (Å²) in [5, 5.41) is 3.26. The van der Waals surface area contributed by atoms with Crippen molar-refractivity contribution in [2.45, 2.75) is 23.8 Å². The first-order valence-electron chi connectivity index (χ1n) is 6.52. The van der Waals surface area contributed by atoms with Crippen LogP contribution in [0.5, 0.6) is 0 Å². The van der Waals surface area contributed by atoms with E-state index in [0.29, 0.717) is 24.3 Å². The third-order valence-electron chi connectivity index (χ3n) is 3.39. The molecule has 20 heavy (non-hydrogen) atoms. The van der Waals surface area contributed by atoms with Gasteiger partial charge in [-0.2, -0.15) is 0 Å². The maximum Gasteiger partial charge on any atom is 0.178 e. The number of fused-ring (bicyclic) bond motifs is 1. The number of hydrogen-bond donors (Lipinski definition) is 1. The van der Waals surface area contributed by atoms with Gasteiger partial charge >= 0.3 is 0 Å². The molecule has 112 valence electrons. The van der Waals surface area contributed by atoms with Crippen molar-refractivity contribution in [3.63, 3.8) is 0 Å². The van der Waals surface area contributed by atoms with Gasteiger partial charge in [-0.15, -0.1) is 0 Å². The van der Waals surface area contributed by atoms with Gasteiger partial charge < -0.3 is 5.32 Å². The van der Waals surface area contributed by atoms with E-state index in [1.807, 2.05) is 12.1 Å². The Labute approximate surface area is 120 Å². The second-order valence-corrected chi connectivity index (χ2v) is 9.47. The summed E-state index contributed by atoms with van der Waals surface area (Å²) in [7, 11) is -6.11. The minimum atomic E-state index is -3.16. The quantitative estimate of drug-likeness (QED) is 0.817. The zero-order valence-electron chi connectivity index (χ0n) is 11.4. The minimum Gasteiger partial charge on any atom is -0.310 e. The van der Waals surface area contributed by atoms with Gasteiger partial charge in [-0.3, -0.25) is 0 Å². The van der Waals surface area contributed by atoms with Crippen molar-refractivity contribution in [2.75, 3.05) is 24.3 Å². The van der Waals surface area contributed by atoms with E-state index in [0.717, 1.165) is 5.56 Å². The molecule has 0 bridgehead atoms. The Balaban J connectivity index is 2.04. The minimum absolute atomic E-state index is 0.0192. The molecule has 0 radical (unpaired) electrons. The van der Waals surface area contributed by atoms with Gasteiger partial charge in [0.1, 0.15) is 9.84 Å². The van der Waals surface area contributed by atoms with Gasteiger partial charge in [-0.1, -0.05) is 18.2 Å². The van der Waals surface area contributed by atoms with Crippen molar-refractivity contribution in [3.05, 3.63) is 29.8 Å². The summed E-state index contributed by atoms with van der Waals surface area (Å²) in [4.78, 5) is 0.395. The van der Waals surface area contributed by atoms with Gasteiger partial charge in [0, 0.05) is 12.3 Å². The molecule has 5 nitrogen and oxygen atoms in total. The number of nitrogens with one attached hydrogen (secondary N) is 1. The van der Waals surface area contributed by atoms with E-state index in [2.05, 4.69) is 5.32 Å². The largest absolute Gasteiger partial charge is 0.310 e. The summed E-state index contributed by atoms with van der Waals surface area (Å²) in [5.41, 5.74) is 0.790. The number of rotatable bonds is 5. The molecule has 0 saturated carbocycles. The van der Waals surface area contributed by atoms with Crippen LogP contribution in [0.1, 0.15) is 24.4 Å². The van der Waals surface area contributed by atoms with Crippen molar-refractivity contribution in [2.24, 2.45) is 0 Å². The molecule has 1 aromatic rings. The normalized spacial score (nSPS) is 21.4. The molecule has 1 N–H and O–H groups in total. The highest BCUT2D eigenvalue weighted by Crippen LogP contribution is 2.31. The van der Waals surface area contributed by atoms with Crippen LogP contribution in [-0.4, -0.2) is 41.1 Å². The van der Waals surface area contributed by atoms with Gasteiger partial charge in [-0.25, -0.2) is 16.8 Å². The zero-order chi connectivity index (χ0) is 14.8. The molecule has 1 heterocycles. The lowest BCUT2D eigenvalue weighted by Gasteiger charge is -2.26. The van der Waals surface area contributed by atoms with Crippen molar-refractivity contribution in [3.8, 4) is 0 Å². The predicted octanol–water partition coefficient (Wildman–Crippen LogP) is 0.929. The maximum atomic E-state index is 12.0. The average molecular weight is 317 g/mol. The van der Waals surface area contributed by atoms with E-state index in [1.165, 1.54) is 6.26 Å². The van der Waals surface area contributed by atoms with Gasteiger partial charge in [0.25, 0.3) is 0 Å². The molecule has 2 rings (SSSR count). The Kier molecular flexibility index (Phi) is 4.51. The molecule has 1 aromatic carbocycles. The van der Waals surface area contributed by atoms with Crippen molar-refractivity contribution in [1.29, 1.82) is 0 Å². The van der Waals surface area contributed by atoms with Crippen LogP contribution in [0.25, 0.3) is 0 Å². The lowest BCUT2D eigenvalue weighted by Crippen LogP contribution is -2.30. The zero-order valence-corrected chi connectivity index (χ0v) is 13.0. The second kappa shape index (κ2) is 5.83. The van der Waals surface area contributed by atoms with E-state index in [1.54, 1.807) is 12.1 Å². The molecule has 7 heteroatoms. The first kappa shape index (κ1) is 15.5. The number of benzene rings is 1. The third kappa shape index (κ3) is 3.80. The van der Waals surface area contributed by atoms with Crippen molar-refractivity contribution in [1.82, 2.24) is 5.32 Å². The molecule has 1 aliphatic rings. The van der Waals surface area contributed by atoms with Gasteiger partial charge in [0.15, 0.2) is 9.84 Å². The standard InChI is InChI=1S/C13H19NO4S2/c1-19(15,16)9-4-8-14-12-7-10-20(17,18)13-6-3-2-5-11(12)13/h2-3,5-6,12,14H,4,7-10H2,1H3. The molecule has 0 aromatic heterocycles. The Morgan fingerprint density at radius 2 is 2.00 bits per heavy atom. The Morgan fingerprint density at radius 3 is 2.70 bits per heavy atom. The molecule has 0 spiro atoms. The van der Waals surface area contributed by atoms with Crippen LogP contribution >= 0.6 is 0 Å². The molecular weight excluding hydrogens is 298 g/mol. The maximum absolute atomic E-state index is 12.0. The molecular formula is C13H19NO4S2. The highest BCUT2D eigenvalue weighted by Gasteiger charge is 2.29. The van der Waals surface area contributed by atoms with Gasteiger partial charge in [-0.05, 0) is 31.0 Å². The summed E-state index contributed by atoms with van der Waals surface area (Å²) in [6.07, 6.45) is 2.28. The summed E-state index contributed by atoms with van der Waals surface area (Å²) in [6.45, 7) is 0.562. The Hall–Kier alpha value is -0.920. The van der Waals surface area contributed by atoms with E-state index < -0.39 is 19.7 Å². The average Bonchev–Trinajstić information content (AvgIpc) is 2.36. The molecule has 0 amide bonds. The molecule has 1 aliphatic heterocycles. The van der Waals surface area contributed by atoms with Crippen LogP contribution < -0.4 is 5.32 Å². The molecule has 0 saturated heterocycles. The summed E-state index contributed by atoms with van der Waals surface area (Å²) in [6, 6.07) is 6.98. The molecule has 0 aliphatic carbocycles. The SMILES string of the molecule is CS(=O)(=O)CCCNC1CCS(=O)(=O)c2ccccc21. The summed E-state index contributed by atoms with van der Waals surface area (Å²) < 4.78 is 46.1. The van der Waals surface area contributed by atoms with Crippen LogP contribution in [0.15, 0.2) is 29.2 Å². The molecule has 1 atom stereocenters. The first-order chi connectivity index (χ1) is 9.30. The Bertz CT molecular complexity index is 680. The highest BCUT2D eigenvalue weighted by atomic mass is 32.2. The lowest BCUT2D eigenvalue weighted by atomic mass is 10.0. The fourth-order valence-electron chi connectivity index (χ4n) is 2.41. The van der Waals surface area contributed by atoms with Crippen molar-refractivity contribution < 1.29 is 16.8 Å². The second-order valence-electron chi connectivity index (χ2n) is 5.14. The lowest BCUT2D eigenvalue weighted by molar-refractivity contribution is 0.491. The monoisotopic (exact) mass is 317 g/mol. The van der Waals surface area contributed by atoms with E-state index >= 15 is 0 Å². The van der Waals surface area contributed by atoms with Crippen LogP contribution in [0.4, 0.5) is 0 Å². The van der Waals surface area contributed by atoms with Crippen LogP contribution in [0, 0.1) is 0 Å². The summed E-state index contributed by atoms with van der Waals surface area (Å²) in [5.74, 6) is 0.278. The summed E-state index contributed by atoms with van der Waals surface area (Å²) >= 11 is 0. The van der Waals surface area contributed by atoms with E-state index in [4.69, 9.17) is 0 Å². The predicted molar refractivity (Wildman–Crippen MR) is 78.2 cm³/mol. The molecule has 0 fully saturated rings. The van der Waals surface area contributed by atoms with Crippen LogP contribution in [0.3, 0.4) is 0 Å². The number of hydrogen-bond acceptors (Lipinski definition) is 5. The molecule has 1 unspecified atom stereocenters. The smallest absolute Gasteiger partial charge is 0.178 e. The van der Waals surface area contributed by atoms with Gasteiger partial charge in [0.2, 0.25) is 0 Å². The first-order valence-corrected chi connectivity index (χ1v) is 10.2. The van der Waals surface area contributed by atoms with Crippen LogP contribution in [-0.2, 0) is 19.7 Å². The Morgan fingerprint density at radius 1 is 1.30 bits per heavy atom. The third-order valence-corrected chi connectivity index (χ3v) is 6.23. The van der Waals surface area contributed by atoms with E-state index in [9.17, 15) is 16.8 Å². The fourth-order valence-corrected chi connectivity index (χ4v) is 4.70. The van der Waals surface area contributed by atoms with Crippen LogP contribution in [0.2, 0.25) is 0 Å². The van der Waals surface area contributed by atoms with Gasteiger partial charge in [0.05, 0.1) is 16.4 Å². The number of sulfone groups is 2. The van der Waals surface area contributed by atoms with Crippen molar-refractivity contribution >= 4 is 19.7 Å². The topological polar surface area (TPSA) is 80.3 Å².